The van der Waals surface area contributed by atoms with E-state index in [0.717, 1.165) is 24.0 Å². The normalized spacial score (nSPS) is 17.3. The molecule has 1 unspecified atom stereocenters. The third kappa shape index (κ3) is 5.09. The molecule has 3 rings (SSSR count). The van der Waals surface area contributed by atoms with Crippen molar-refractivity contribution in [3.8, 4) is 11.5 Å². The second-order valence-electron chi connectivity index (χ2n) is 8.39. The minimum atomic E-state index is -0.735. The number of ketones is 1. The summed E-state index contributed by atoms with van der Waals surface area (Å²) in [6.45, 7) is 6.90. The predicted octanol–water partition coefficient (Wildman–Crippen LogP) is 4.56. The van der Waals surface area contributed by atoms with Gasteiger partial charge >= 0.3 is 0 Å². The average molecular weight is 468 g/mol. The van der Waals surface area contributed by atoms with E-state index in [1.54, 1.807) is 13.2 Å². The number of carbonyl (C=O) groups is 2. The van der Waals surface area contributed by atoms with E-state index < -0.39 is 17.7 Å². The fourth-order valence-corrected chi connectivity index (χ4v) is 4.14. The molecule has 1 amide bonds. The van der Waals surface area contributed by atoms with E-state index in [4.69, 9.17) is 14.2 Å². The number of unbranched alkanes of at least 4 members (excludes halogenated alkanes) is 1. The highest BCUT2D eigenvalue weighted by atomic mass is 16.5. The molecule has 1 atom stereocenters. The number of aliphatic hydroxyl groups is 1. The number of aryl methyl sites for hydroxylation is 2. The summed E-state index contributed by atoms with van der Waals surface area (Å²) in [4.78, 5) is 27.6. The number of hydrogen-bond donors (Lipinski definition) is 1. The number of benzene rings is 2. The number of methoxy groups -OCH3 is 2. The summed E-state index contributed by atoms with van der Waals surface area (Å²) in [5, 5.41) is 11.3. The van der Waals surface area contributed by atoms with Crippen LogP contribution in [0.4, 0.5) is 0 Å². The third-order valence-corrected chi connectivity index (χ3v) is 6.04. The number of rotatable bonds is 10. The van der Waals surface area contributed by atoms with E-state index >= 15 is 0 Å². The summed E-state index contributed by atoms with van der Waals surface area (Å²) in [5.74, 6) is -0.170. The van der Waals surface area contributed by atoms with Crippen LogP contribution in [0.25, 0.3) is 5.76 Å². The molecule has 1 heterocycles. The standard InChI is InChI=1S/C27H33NO6/c1-6-7-13-34-20-10-8-19(9-11-20)24-23(26(30)27(31)28(24)12-14-32-4)25(29)21-15-18(3)22(33-5)16-17(21)2/h8-11,15-16,24,29H,6-7,12-14H2,1-5H3/b25-23+. The molecule has 7 nitrogen and oxygen atoms in total. The Labute approximate surface area is 200 Å². The first-order valence-electron chi connectivity index (χ1n) is 11.5. The number of Topliss-reactive ketones (excluding diaryl/α,β-unsaturated/α-hetero) is 1. The number of carbonyl (C=O) groups excluding carboxylic acids is 2. The Kier molecular flexibility index (Phi) is 8.34. The highest BCUT2D eigenvalue weighted by molar-refractivity contribution is 6.46. The Morgan fingerprint density at radius 1 is 1.03 bits per heavy atom. The smallest absolute Gasteiger partial charge is 0.295 e. The minimum Gasteiger partial charge on any atom is -0.507 e. The van der Waals surface area contributed by atoms with E-state index in [9.17, 15) is 14.7 Å². The number of aliphatic hydroxyl groups excluding tert-OH is 1. The Bertz CT molecular complexity index is 1070. The van der Waals surface area contributed by atoms with Crippen LogP contribution >= 0.6 is 0 Å². The molecule has 2 aromatic carbocycles. The van der Waals surface area contributed by atoms with Crippen molar-refractivity contribution in [3.63, 3.8) is 0 Å². The fraction of sp³-hybridized carbons (Fsp3) is 0.407. The summed E-state index contributed by atoms with van der Waals surface area (Å²) in [6.07, 6.45) is 2.00. The van der Waals surface area contributed by atoms with Gasteiger partial charge in [-0.1, -0.05) is 25.5 Å². The van der Waals surface area contributed by atoms with Gasteiger partial charge < -0.3 is 24.2 Å². The van der Waals surface area contributed by atoms with Crippen molar-refractivity contribution in [2.45, 2.75) is 39.7 Å². The van der Waals surface area contributed by atoms with E-state index in [2.05, 4.69) is 6.92 Å². The average Bonchev–Trinajstić information content (AvgIpc) is 3.08. The van der Waals surface area contributed by atoms with Gasteiger partial charge in [0.05, 0.1) is 31.9 Å². The summed E-state index contributed by atoms with van der Waals surface area (Å²) in [5.41, 5.74) is 2.82. The second kappa shape index (κ2) is 11.2. The summed E-state index contributed by atoms with van der Waals surface area (Å²) in [7, 11) is 3.12. The first-order chi connectivity index (χ1) is 16.3. The molecule has 0 aromatic heterocycles. The zero-order valence-corrected chi connectivity index (χ0v) is 20.5. The number of ether oxygens (including phenoxy) is 3. The van der Waals surface area contributed by atoms with Crippen LogP contribution in [-0.2, 0) is 14.3 Å². The van der Waals surface area contributed by atoms with Gasteiger partial charge in [0.2, 0.25) is 0 Å². The summed E-state index contributed by atoms with van der Waals surface area (Å²) in [6, 6.07) is 10.2. The Hall–Kier alpha value is -3.32. The van der Waals surface area contributed by atoms with Gasteiger partial charge in [0.15, 0.2) is 0 Å². The quantitative estimate of drug-likeness (QED) is 0.239. The maximum absolute atomic E-state index is 13.1. The van der Waals surface area contributed by atoms with Crippen molar-refractivity contribution in [1.82, 2.24) is 4.90 Å². The van der Waals surface area contributed by atoms with Crippen LogP contribution in [0.2, 0.25) is 0 Å². The molecule has 182 valence electrons. The van der Waals surface area contributed by atoms with Gasteiger partial charge in [-0.15, -0.1) is 0 Å². The van der Waals surface area contributed by atoms with E-state index in [0.29, 0.717) is 29.2 Å². The van der Waals surface area contributed by atoms with Crippen LogP contribution < -0.4 is 9.47 Å². The van der Waals surface area contributed by atoms with Crippen molar-refractivity contribution >= 4 is 17.4 Å². The van der Waals surface area contributed by atoms with Gasteiger partial charge in [0.25, 0.3) is 11.7 Å². The van der Waals surface area contributed by atoms with Crippen molar-refractivity contribution in [3.05, 3.63) is 64.2 Å². The molecule has 0 bridgehead atoms. The van der Waals surface area contributed by atoms with Gasteiger partial charge in [0, 0.05) is 19.2 Å². The maximum atomic E-state index is 13.1. The molecule has 7 heteroatoms. The van der Waals surface area contributed by atoms with E-state index in [1.807, 2.05) is 44.2 Å². The minimum absolute atomic E-state index is 0.0634. The molecular weight excluding hydrogens is 434 g/mol. The lowest BCUT2D eigenvalue weighted by molar-refractivity contribution is -0.140. The lowest BCUT2D eigenvalue weighted by atomic mass is 9.93. The molecule has 34 heavy (non-hydrogen) atoms. The van der Waals surface area contributed by atoms with Crippen LogP contribution in [0, 0.1) is 13.8 Å². The van der Waals surface area contributed by atoms with E-state index in [-0.39, 0.29) is 24.5 Å². The number of amides is 1. The Morgan fingerprint density at radius 2 is 1.74 bits per heavy atom. The van der Waals surface area contributed by atoms with Crippen LogP contribution in [0.1, 0.15) is 48.1 Å². The van der Waals surface area contributed by atoms with Crippen LogP contribution in [0.15, 0.2) is 42.0 Å². The fourth-order valence-electron chi connectivity index (χ4n) is 4.14. The van der Waals surface area contributed by atoms with Gasteiger partial charge in [-0.05, 0) is 61.2 Å². The molecule has 0 aliphatic carbocycles. The Morgan fingerprint density at radius 3 is 2.35 bits per heavy atom. The van der Waals surface area contributed by atoms with Gasteiger partial charge in [-0.2, -0.15) is 0 Å². The van der Waals surface area contributed by atoms with Crippen LogP contribution in [0.3, 0.4) is 0 Å². The topological polar surface area (TPSA) is 85.3 Å². The molecule has 1 fully saturated rings. The maximum Gasteiger partial charge on any atom is 0.295 e. The summed E-state index contributed by atoms with van der Waals surface area (Å²) >= 11 is 0. The van der Waals surface area contributed by atoms with Crippen molar-refractivity contribution in [2.75, 3.05) is 34.0 Å². The first-order valence-corrected chi connectivity index (χ1v) is 11.5. The largest absolute Gasteiger partial charge is 0.507 e. The van der Waals surface area contributed by atoms with E-state index in [1.165, 1.54) is 12.0 Å². The van der Waals surface area contributed by atoms with Crippen LogP contribution in [0.5, 0.6) is 11.5 Å². The lowest BCUT2D eigenvalue weighted by Crippen LogP contribution is -2.32. The van der Waals surface area contributed by atoms with Gasteiger partial charge in [-0.3, -0.25) is 9.59 Å². The van der Waals surface area contributed by atoms with Crippen molar-refractivity contribution < 1.29 is 28.9 Å². The molecule has 2 aromatic rings. The molecule has 0 radical (unpaired) electrons. The zero-order valence-electron chi connectivity index (χ0n) is 20.5. The highest BCUT2D eigenvalue weighted by Crippen LogP contribution is 2.40. The molecule has 0 spiro atoms. The molecule has 0 saturated carbocycles. The molecule has 1 aliphatic heterocycles. The number of nitrogens with zero attached hydrogens (tertiary/aromatic N) is 1. The second-order valence-corrected chi connectivity index (χ2v) is 8.39. The zero-order chi connectivity index (χ0) is 24.8. The number of hydrogen-bond acceptors (Lipinski definition) is 6. The first kappa shape index (κ1) is 25.3. The SMILES string of the molecule is CCCCOc1ccc(C2/C(=C(\O)c3cc(C)c(OC)cc3C)C(=O)C(=O)N2CCOC)cc1. The van der Waals surface area contributed by atoms with Crippen molar-refractivity contribution in [1.29, 1.82) is 0 Å². The molecule has 1 saturated heterocycles. The van der Waals surface area contributed by atoms with Gasteiger partial charge in [-0.25, -0.2) is 0 Å². The number of likely N-dealkylation sites (tertiary alicyclic amines) is 1. The van der Waals surface area contributed by atoms with Gasteiger partial charge in [0.1, 0.15) is 17.3 Å². The Balaban J connectivity index is 2.09. The summed E-state index contributed by atoms with van der Waals surface area (Å²) < 4.78 is 16.3. The highest BCUT2D eigenvalue weighted by Gasteiger charge is 2.46. The van der Waals surface area contributed by atoms with Crippen LogP contribution in [-0.4, -0.2) is 55.7 Å². The molecule has 1 N–H and O–H groups in total. The monoisotopic (exact) mass is 467 g/mol. The molecular formula is C27H33NO6. The van der Waals surface area contributed by atoms with Crippen molar-refractivity contribution in [2.24, 2.45) is 0 Å². The predicted molar refractivity (Wildman–Crippen MR) is 130 cm³/mol. The third-order valence-electron chi connectivity index (χ3n) is 6.04. The molecule has 1 aliphatic rings. The lowest BCUT2D eigenvalue weighted by Gasteiger charge is -2.25.